The number of epoxide rings is 1. The summed E-state index contributed by atoms with van der Waals surface area (Å²) in [6.07, 6.45) is 2.09. The highest BCUT2D eigenvalue weighted by atomic mass is 28.1. The lowest BCUT2D eigenvalue weighted by atomic mass is 10.3. The summed E-state index contributed by atoms with van der Waals surface area (Å²) >= 11 is 0. The van der Waals surface area contributed by atoms with E-state index in [9.17, 15) is 4.79 Å². The van der Waals surface area contributed by atoms with Crippen LogP contribution in [0.1, 0.15) is 19.8 Å². The van der Waals surface area contributed by atoms with Gasteiger partial charge in [-0.1, -0.05) is 0 Å². The van der Waals surface area contributed by atoms with Crippen LogP contribution in [0.4, 0.5) is 0 Å². The van der Waals surface area contributed by atoms with Crippen LogP contribution in [0.5, 0.6) is 0 Å². The molecule has 0 N–H and O–H groups in total. The zero-order valence-electron chi connectivity index (χ0n) is 9.94. The van der Waals surface area contributed by atoms with Crippen LogP contribution >= 0.6 is 0 Å². The molecule has 5 nitrogen and oxygen atoms in total. The lowest BCUT2D eigenvalue weighted by Gasteiger charge is -2.16. The Morgan fingerprint density at radius 3 is 2.94 bits per heavy atom. The van der Waals surface area contributed by atoms with E-state index in [1.807, 2.05) is 0 Å². The first kappa shape index (κ1) is 13.6. The maximum Gasteiger partial charge on any atom is 0.304 e. The van der Waals surface area contributed by atoms with E-state index in [1.165, 1.54) is 6.92 Å². The van der Waals surface area contributed by atoms with Crippen molar-refractivity contribution >= 4 is 16.2 Å². The molecule has 0 bridgehead atoms. The summed E-state index contributed by atoms with van der Waals surface area (Å²) in [5.74, 6) is -0.299. The maximum absolute atomic E-state index is 10.8. The van der Waals surface area contributed by atoms with Crippen LogP contribution < -0.4 is 0 Å². The summed E-state index contributed by atoms with van der Waals surface area (Å²) in [6.45, 7) is 3.53. The Balaban J connectivity index is 1.98. The number of ether oxygens (including phenoxy) is 4. The molecular weight excluding hydrogens is 228 g/mol. The van der Waals surface area contributed by atoms with Gasteiger partial charge in [0.1, 0.15) is 6.10 Å². The van der Waals surface area contributed by atoms with Crippen molar-refractivity contribution in [1.82, 2.24) is 0 Å². The molecule has 1 aliphatic heterocycles. The fraction of sp³-hybridized carbons (Fsp3) is 0.900. The fourth-order valence-corrected chi connectivity index (χ4v) is 1.65. The predicted molar refractivity (Wildman–Crippen MR) is 61.2 cm³/mol. The normalized spacial score (nSPS) is 20.7. The van der Waals surface area contributed by atoms with Gasteiger partial charge in [-0.3, -0.25) is 4.79 Å². The molecule has 0 spiro atoms. The van der Waals surface area contributed by atoms with Gasteiger partial charge in [0.05, 0.1) is 13.2 Å². The standard InChI is InChI=1S/C10H20O5Si/c1-8(11)15-10(14-7-16)3-2-4-12-5-9-6-13-9/h9-10H,2-7H2,1,16H3. The van der Waals surface area contributed by atoms with Crippen molar-refractivity contribution in [3.05, 3.63) is 0 Å². The van der Waals surface area contributed by atoms with Crippen molar-refractivity contribution in [2.45, 2.75) is 32.2 Å². The van der Waals surface area contributed by atoms with Crippen LogP contribution in [0.25, 0.3) is 0 Å². The van der Waals surface area contributed by atoms with Gasteiger partial charge in [-0.2, -0.15) is 0 Å². The molecule has 1 aliphatic rings. The molecule has 0 amide bonds. The minimum atomic E-state index is -0.407. The molecule has 1 fully saturated rings. The van der Waals surface area contributed by atoms with E-state index in [0.29, 0.717) is 32.0 Å². The highest BCUT2D eigenvalue weighted by molar-refractivity contribution is 6.08. The second-order valence-electron chi connectivity index (χ2n) is 3.67. The van der Waals surface area contributed by atoms with E-state index >= 15 is 0 Å². The monoisotopic (exact) mass is 248 g/mol. The number of hydrogen-bond donors (Lipinski definition) is 0. The third kappa shape index (κ3) is 6.94. The number of carbonyl (C=O) groups is 1. The minimum absolute atomic E-state index is 0.299. The highest BCUT2D eigenvalue weighted by Crippen LogP contribution is 2.09. The van der Waals surface area contributed by atoms with E-state index in [2.05, 4.69) is 0 Å². The lowest BCUT2D eigenvalue weighted by molar-refractivity contribution is -0.174. The molecule has 6 heteroatoms. The number of carbonyl (C=O) groups excluding carboxylic acids is 1. The molecule has 2 unspecified atom stereocenters. The van der Waals surface area contributed by atoms with Crippen LogP contribution in [0.3, 0.4) is 0 Å². The molecule has 0 saturated carbocycles. The smallest absolute Gasteiger partial charge is 0.304 e. The van der Waals surface area contributed by atoms with Gasteiger partial charge in [-0.25, -0.2) is 0 Å². The summed E-state index contributed by atoms with van der Waals surface area (Å²) < 4.78 is 20.7. The molecule has 2 atom stereocenters. The van der Waals surface area contributed by atoms with Gasteiger partial charge < -0.3 is 18.9 Å². The van der Waals surface area contributed by atoms with Crippen LogP contribution in [0, 0.1) is 0 Å². The summed E-state index contributed by atoms with van der Waals surface area (Å²) in [5.41, 5.74) is 0. The van der Waals surface area contributed by atoms with Gasteiger partial charge in [0, 0.05) is 36.4 Å². The first-order valence-corrected chi connectivity index (χ1v) is 7.12. The molecule has 0 aromatic heterocycles. The Kier molecular flexibility index (Phi) is 6.63. The van der Waals surface area contributed by atoms with Gasteiger partial charge in [0.25, 0.3) is 0 Å². The highest BCUT2D eigenvalue weighted by Gasteiger charge is 2.22. The third-order valence-corrected chi connectivity index (χ3v) is 2.42. The first-order valence-electron chi connectivity index (χ1n) is 5.70. The van der Waals surface area contributed by atoms with E-state index < -0.39 is 6.29 Å². The van der Waals surface area contributed by atoms with Gasteiger partial charge in [0.2, 0.25) is 6.29 Å². The Bertz CT molecular complexity index is 207. The molecule has 0 aromatic carbocycles. The van der Waals surface area contributed by atoms with Crippen molar-refractivity contribution in [2.24, 2.45) is 0 Å². The lowest BCUT2D eigenvalue weighted by Crippen LogP contribution is -2.21. The number of hydrogen-bond acceptors (Lipinski definition) is 5. The molecule has 0 radical (unpaired) electrons. The van der Waals surface area contributed by atoms with Crippen molar-refractivity contribution in [3.63, 3.8) is 0 Å². The molecular formula is C10H20O5Si. The third-order valence-electron chi connectivity index (χ3n) is 2.08. The largest absolute Gasteiger partial charge is 0.436 e. The summed E-state index contributed by atoms with van der Waals surface area (Å²) in [7, 11) is 0.942. The molecule has 1 heterocycles. The Morgan fingerprint density at radius 1 is 1.62 bits per heavy atom. The fourth-order valence-electron chi connectivity index (χ4n) is 1.28. The van der Waals surface area contributed by atoms with Crippen molar-refractivity contribution in [1.29, 1.82) is 0 Å². The van der Waals surface area contributed by atoms with Crippen LogP contribution in [-0.2, 0) is 23.7 Å². The van der Waals surface area contributed by atoms with Gasteiger partial charge in [-0.05, 0) is 6.42 Å². The first-order chi connectivity index (χ1) is 7.72. The predicted octanol–water partition coefficient (Wildman–Crippen LogP) is -0.589. The van der Waals surface area contributed by atoms with Gasteiger partial charge in [0.15, 0.2) is 0 Å². The van der Waals surface area contributed by atoms with Crippen LogP contribution in [0.2, 0.25) is 0 Å². The van der Waals surface area contributed by atoms with Crippen molar-refractivity contribution in [3.8, 4) is 0 Å². The van der Waals surface area contributed by atoms with E-state index in [-0.39, 0.29) is 5.97 Å². The van der Waals surface area contributed by atoms with Crippen LogP contribution in [-0.4, -0.2) is 54.7 Å². The average Bonchev–Trinajstić information content (AvgIpc) is 3.00. The number of rotatable bonds is 9. The quantitative estimate of drug-likeness (QED) is 0.179. The summed E-state index contributed by atoms with van der Waals surface area (Å²) in [4.78, 5) is 10.8. The topological polar surface area (TPSA) is 57.3 Å². The molecule has 94 valence electrons. The van der Waals surface area contributed by atoms with Gasteiger partial charge in [-0.15, -0.1) is 0 Å². The van der Waals surface area contributed by atoms with E-state index in [1.54, 1.807) is 0 Å². The number of esters is 1. The Morgan fingerprint density at radius 2 is 2.38 bits per heavy atom. The van der Waals surface area contributed by atoms with Crippen molar-refractivity contribution < 1.29 is 23.7 Å². The second-order valence-corrected chi connectivity index (χ2v) is 4.24. The second kappa shape index (κ2) is 7.78. The summed E-state index contributed by atoms with van der Waals surface area (Å²) in [5, 5.41) is 0. The molecule has 1 rings (SSSR count). The molecule has 1 saturated heterocycles. The Labute approximate surface area is 98.8 Å². The Hall–Kier alpha value is -0.433. The zero-order valence-corrected chi connectivity index (χ0v) is 11.9. The molecule has 16 heavy (non-hydrogen) atoms. The SMILES string of the molecule is CC(=O)OC(CCCOCC1CO1)OC[SiH3]. The summed E-state index contributed by atoms with van der Waals surface area (Å²) in [6, 6.07) is 0. The van der Waals surface area contributed by atoms with Crippen molar-refractivity contribution in [2.75, 3.05) is 26.1 Å². The van der Waals surface area contributed by atoms with Crippen LogP contribution in [0.15, 0.2) is 0 Å². The maximum atomic E-state index is 10.8. The van der Waals surface area contributed by atoms with Gasteiger partial charge >= 0.3 is 5.97 Å². The minimum Gasteiger partial charge on any atom is -0.436 e. The molecule has 0 aliphatic carbocycles. The average molecular weight is 248 g/mol. The molecule has 0 aromatic rings. The van der Waals surface area contributed by atoms with E-state index in [4.69, 9.17) is 18.9 Å². The van der Waals surface area contributed by atoms with E-state index in [0.717, 1.165) is 23.3 Å². The zero-order chi connectivity index (χ0) is 11.8.